The van der Waals surface area contributed by atoms with Crippen LogP contribution >= 0.6 is 27.5 Å². The van der Waals surface area contributed by atoms with Crippen LogP contribution in [0.5, 0.6) is 5.88 Å². The maximum absolute atomic E-state index is 12.5. The summed E-state index contributed by atoms with van der Waals surface area (Å²) in [6.45, 7) is 0. The summed E-state index contributed by atoms with van der Waals surface area (Å²) in [5.41, 5.74) is 0.140. The Morgan fingerprint density at radius 1 is 1.64 bits per heavy atom. The lowest BCUT2D eigenvalue weighted by Crippen LogP contribution is -1.99. The predicted molar refractivity (Wildman–Crippen MR) is 53.0 cm³/mol. The molecule has 0 fully saturated rings. The van der Waals surface area contributed by atoms with E-state index in [1.807, 2.05) is 0 Å². The molecule has 0 unspecified atom stereocenters. The molecule has 2 nitrogen and oxygen atoms in total. The van der Waals surface area contributed by atoms with Gasteiger partial charge in [-0.3, -0.25) is 0 Å². The van der Waals surface area contributed by atoms with E-state index in [-0.39, 0.29) is 17.3 Å². The van der Waals surface area contributed by atoms with Crippen LogP contribution in [-0.2, 0) is 5.88 Å². The van der Waals surface area contributed by atoms with Crippen LogP contribution in [0.1, 0.15) is 17.6 Å². The fourth-order valence-corrected chi connectivity index (χ4v) is 1.95. The fourth-order valence-electron chi connectivity index (χ4n) is 0.967. The highest BCUT2D eigenvalue weighted by Gasteiger charge is 2.17. The van der Waals surface area contributed by atoms with E-state index in [0.717, 1.165) is 0 Å². The van der Waals surface area contributed by atoms with Crippen LogP contribution in [0, 0.1) is 0 Å². The summed E-state index contributed by atoms with van der Waals surface area (Å²) < 4.78 is 30.2. The third-order valence-corrected chi connectivity index (χ3v) is 2.59. The van der Waals surface area contributed by atoms with Crippen LogP contribution in [0.3, 0.4) is 0 Å². The van der Waals surface area contributed by atoms with Gasteiger partial charge in [-0.25, -0.2) is 13.8 Å². The number of hydrogen-bond donors (Lipinski definition) is 0. The Hall–Kier alpha value is -0.420. The first kappa shape index (κ1) is 11.7. The zero-order valence-corrected chi connectivity index (χ0v) is 9.57. The molecule has 0 saturated heterocycles. The van der Waals surface area contributed by atoms with Gasteiger partial charge in [-0.2, -0.15) is 0 Å². The molecule has 0 saturated carbocycles. The van der Waals surface area contributed by atoms with E-state index >= 15 is 0 Å². The summed E-state index contributed by atoms with van der Waals surface area (Å²) in [5, 5.41) is 0. The summed E-state index contributed by atoms with van der Waals surface area (Å²) in [6, 6.07) is 1.19. The molecule has 6 heteroatoms. The summed E-state index contributed by atoms with van der Waals surface area (Å²) in [7, 11) is 1.37. The zero-order chi connectivity index (χ0) is 10.7. The standard InChI is InChI=1S/C8H7BrClF2NO/c1-14-6-2-4(8(11)12)5(3-10)7(9)13-6/h2,8H,3H2,1H3. The van der Waals surface area contributed by atoms with Crippen LogP contribution in [0.2, 0.25) is 0 Å². The molecular weight excluding hydrogens is 279 g/mol. The normalized spacial score (nSPS) is 10.7. The van der Waals surface area contributed by atoms with Crippen molar-refractivity contribution in [3.8, 4) is 5.88 Å². The minimum atomic E-state index is -2.59. The predicted octanol–water partition coefficient (Wildman–Crippen LogP) is 3.53. The van der Waals surface area contributed by atoms with Crippen LogP contribution < -0.4 is 4.74 Å². The van der Waals surface area contributed by atoms with E-state index < -0.39 is 6.43 Å². The number of pyridine rings is 1. The molecule has 1 rings (SSSR count). The lowest BCUT2D eigenvalue weighted by Gasteiger charge is -2.09. The Labute approximate surface area is 93.4 Å². The summed E-state index contributed by atoms with van der Waals surface area (Å²) in [6.07, 6.45) is -2.59. The monoisotopic (exact) mass is 285 g/mol. The molecule has 0 aliphatic carbocycles. The van der Waals surface area contributed by atoms with E-state index in [2.05, 4.69) is 20.9 Å². The Kier molecular flexibility index (Phi) is 4.07. The van der Waals surface area contributed by atoms with E-state index in [4.69, 9.17) is 16.3 Å². The number of methoxy groups -OCH3 is 1. The molecule has 0 spiro atoms. The van der Waals surface area contributed by atoms with Gasteiger partial charge in [-0.1, -0.05) is 0 Å². The number of aromatic nitrogens is 1. The second-order valence-electron chi connectivity index (χ2n) is 2.46. The van der Waals surface area contributed by atoms with Crippen LogP contribution in [-0.4, -0.2) is 12.1 Å². The quantitative estimate of drug-likeness (QED) is 0.626. The molecule has 0 N–H and O–H groups in total. The third-order valence-electron chi connectivity index (χ3n) is 1.66. The fraction of sp³-hybridized carbons (Fsp3) is 0.375. The van der Waals surface area contributed by atoms with Gasteiger partial charge >= 0.3 is 0 Å². The molecule has 78 valence electrons. The topological polar surface area (TPSA) is 22.1 Å². The Morgan fingerprint density at radius 3 is 2.71 bits per heavy atom. The number of ether oxygens (including phenoxy) is 1. The molecule has 0 amide bonds. The lowest BCUT2D eigenvalue weighted by molar-refractivity contribution is 0.149. The first-order chi connectivity index (χ1) is 6.60. The van der Waals surface area contributed by atoms with E-state index in [9.17, 15) is 8.78 Å². The highest BCUT2D eigenvalue weighted by Crippen LogP contribution is 2.31. The molecule has 1 heterocycles. The molecule has 0 aromatic carbocycles. The van der Waals surface area contributed by atoms with Crippen LogP contribution in [0.25, 0.3) is 0 Å². The number of alkyl halides is 3. The Bertz CT molecular complexity index is 335. The minimum absolute atomic E-state index is 0.0166. The highest BCUT2D eigenvalue weighted by molar-refractivity contribution is 9.10. The van der Waals surface area contributed by atoms with Crippen molar-refractivity contribution in [2.45, 2.75) is 12.3 Å². The van der Waals surface area contributed by atoms with Gasteiger partial charge in [0, 0.05) is 17.2 Å². The van der Waals surface area contributed by atoms with Crippen LogP contribution in [0.15, 0.2) is 10.7 Å². The zero-order valence-electron chi connectivity index (χ0n) is 7.23. The summed E-state index contributed by atoms with van der Waals surface area (Å²) in [5.74, 6) is 0.123. The first-order valence-corrected chi connectivity index (χ1v) is 5.00. The van der Waals surface area contributed by atoms with Crippen molar-refractivity contribution in [1.82, 2.24) is 4.98 Å². The molecule has 1 aromatic rings. The molecule has 0 bridgehead atoms. The van der Waals surface area contributed by atoms with Gasteiger partial charge in [0.2, 0.25) is 5.88 Å². The summed E-state index contributed by atoms with van der Waals surface area (Å²) >= 11 is 8.59. The van der Waals surface area contributed by atoms with Gasteiger partial charge in [0.15, 0.2) is 0 Å². The number of nitrogens with zero attached hydrogens (tertiary/aromatic N) is 1. The van der Waals surface area contributed by atoms with E-state index in [1.54, 1.807) is 0 Å². The largest absolute Gasteiger partial charge is 0.481 e. The number of halogens is 4. The van der Waals surface area contributed by atoms with Gasteiger partial charge in [0.1, 0.15) is 4.60 Å². The van der Waals surface area contributed by atoms with Crippen molar-refractivity contribution in [2.24, 2.45) is 0 Å². The molecule has 0 aliphatic rings. The molecule has 0 atom stereocenters. The van der Waals surface area contributed by atoms with Crippen molar-refractivity contribution in [3.63, 3.8) is 0 Å². The molecular formula is C8H7BrClF2NO. The number of rotatable bonds is 3. The second kappa shape index (κ2) is 4.89. The van der Waals surface area contributed by atoms with Gasteiger partial charge in [-0.15, -0.1) is 11.6 Å². The van der Waals surface area contributed by atoms with Crippen molar-refractivity contribution in [2.75, 3.05) is 7.11 Å². The van der Waals surface area contributed by atoms with E-state index in [1.165, 1.54) is 13.2 Å². The van der Waals surface area contributed by atoms with Crippen LogP contribution in [0.4, 0.5) is 8.78 Å². The van der Waals surface area contributed by atoms with Gasteiger partial charge in [0.05, 0.1) is 13.0 Å². The third kappa shape index (κ3) is 2.33. The minimum Gasteiger partial charge on any atom is -0.481 e. The van der Waals surface area contributed by atoms with E-state index in [0.29, 0.717) is 10.2 Å². The molecule has 0 aliphatic heterocycles. The maximum Gasteiger partial charge on any atom is 0.264 e. The highest BCUT2D eigenvalue weighted by atomic mass is 79.9. The lowest BCUT2D eigenvalue weighted by atomic mass is 10.1. The number of hydrogen-bond acceptors (Lipinski definition) is 2. The summed E-state index contributed by atoms with van der Waals surface area (Å²) in [4.78, 5) is 3.88. The SMILES string of the molecule is COc1cc(C(F)F)c(CCl)c(Br)n1. The average Bonchev–Trinajstić information content (AvgIpc) is 2.16. The smallest absolute Gasteiger partial charge is 0.264 e. The average molecular weight is 287 g/mol. The maximum atomic E-state index is 12.5. The Morgan fingerprint density at radius 2 is 2.29 bits per heavy atom. The van der Waals surface area contributed by atoms with Crippen molar-refractivity contribution in [1.29, 1.82) is 0 Å². The molecule has 1 aromatic heterocycles. The van der Waals surface area contributed by atoms with Gasteiger partial charge in [0.25, 0.3) is 6.43 Å². The second-order valence-corrected chi connectivity index (χ2v) is 3.48. The van der Waals surface area contributed by atoms with Crippen molar-refractivity contribution < 1.29 is 13.5 Å². The first-order valence-electron chi connectivity index (χ1n) is 3.67. The Balaban J connectivity index is 3.28. The van der Waals surface area contributed by atoms with Gasteiger partial charge in [-0.05, 0) is 15.9 Å². The molecule has 0 radical (unpaired) electrons. The van der Waals surface area contributed by atoms with Crippen molar-refractivity contribution in [3.05, 3.63) is 21.8 Å². The van der Waals surface area contributed by atoms with Gasteiger partial charge < -0.3 is 4.74 Å². The molecule has 14 heavy (non-hydrogen) atoms. The van der Waals surface area contributed by atoms with Crippen molar-refractivity contribution >= 4 is 27.5 Å².